The molecule has 6 heteroatoms. The first kappa shape index (κ1) is 12.1. The maximum atomic E-state index is 5.24. The lowest BCUT2D eigenvalue weighted by atomic mass is 10.6. The van der Waals surface area contributed by atoms with Crippen molar-refractivity contribution in [3.8, 4) is 5.19 Å². The van der Waals surface area contributed by atoms with Crippen molar-refractivity contribution in [2.24, 2.45) is 0 Å². The highest BCUT2D eigenvalue weighted by Crippen LogP contribution is 2.17. The lowest BCUT2D eigenvalue weighted by Gasteiger charge is -1.99. The van der Waals surface area contributed by atoms with Crippen LogP contribution in [0, 0.1) is 0 Å². The molecule has 0 unspecified atom stereocenters. The zero-order valence-corrected chi connectivity index (χ0v) is 9.55. The third-order valence-electron chi connectivity index (χ3n) is 1.53. The number of methoxy groups -OCH3 is 1. The second kappa shape index (κ2) is 7.33. The number of ether oxygens (including phenoxy) is 2. The molecule has 84 valence electrons. The van der Waals surface area contributed by atoms with Gasteiger partial charge >= 0.3 is 0 Å². The van der Waals surface area contributed by atoms with E-state index in [2.05, 4.69) is 22.1 Å². The molecule has 0 amide bonds. The van der Waals surface area contributed by atoms with Crippen LogP contribution in [0.4, 0.5) is 0 Å². The van der Waals surface area contributed by atoms with Crippen molar-refractivity contribution in [3.63, 3.8) is 0 Å². The van der Waals surface area contributed by atoms with Gasteiger partial charge in [-0.1, -0.05) is 29.1 Å². The minimum absolute atomic E-state index is 0.464. The lowest BCUT2D eigenvalue weighted by molar-refractivity contribution is 0.199. The van der Waals surface area contributed by atoms with Crippen LogP contribution in [0.2, 0.25) is 0 Å². The molecular weight excluding hydrogens is 214 g/mol. The molecule has 0 aliphatic heterocycles. The maximum absolute atomic E-state index is 5.24. The van der Waals surface area contributed by atoms with Crippen molar-refractivity contribution < 1.29 is 9.47 Å². The van der Waals surface area contributed by atoms with Crippen LogP contribution in [0.5, 0.6) is 5.19 Å². The van der Waals surface area contributed by atoms with Crippen molar-refractivity contribution in [1.29, 1.82) is 0 Å². The van der Waals surface area contributed by atoms with Crippen LogP contribution >= 0.6 is 11.3 Å². The van der Waals surface area contributed by atoms with Crippen molar-refractivity contribution >= 4 is 11.3 Å². The molecule has 15 heavy (non-hydrogen) atoms. The van der Waals surface area contributed by atoms with Gasteiger partial charge in [-0.05, 0) is 0 Å². The number of rotatable bonds is 8. The first-order valence-electron chi connectivity index (χ1n) is 4.62. The van der Waals surface area contributed by atoms with Crippen molar-refractivity contribution in [3.05, 3.63) is 17.7 Å². The number of hydrogen-bond acceptors (Lipinski definition) is 6. The minimum Gasteiger partial charge on any atom is -0.465 e. The second-order valence-electron chi connectivity index (χ2n) is 2.73. The fraction of sp³-hybridized carbons (Fsp3) is 0.556. The van der Waals surface area contributed by atoms with Gasteiger partial charge in [0.1, 0.15) is 11.6 Å². The van der Waals surface area contributed by atoms with Crippen molar-refractivity contribution in [1.82, 2.24) is 15.5 Å². The molecule has 1 aromatic rings. The number of aromatic nitrogens is 2. The summed E-state index contributed by atoms with van der Waals surface area (Å²) in [5.74, 6) is 0. The first-order valence-corrected chi connectivity index (χ1v) is 5.44. The van der Waals surface area contributed by atoms with E-state index >= 15 is 0 Å². The zero-order chi connectivity index (χ0) is 10.9. The van der Waals surface area contributed by atoms with E-state index in [0.29, 0.717) is 25.0 Å². The largest absolute Gasteiger partial charge is 0.465 e. The summed E-state index contributed by atoms with van der Waals surface area (Å²) in [5, 5.41) is 12.5. The van der Waals surface area contributed by atoms with Crippen molar-refractivity contribution in [2.45, 2.75) is 6.54 Å². The molecule has 1 N–H and O–H groups in total. The van der Waals surface area contributed by atoms with E-state index in [1.807, 2.05) is 0 Å². The van der Waals surface area contributed by atoms with Gasteiger partial charge < -0.3 is 14.8 Å². The van der Waals surface area contributed by atoms with Gasteiger partial charge in [0.15, 0.2) is 0 Å². The molecule has 0 atom stereocenters. The maximum Gasteiger partial charge on any atom is 0.294 e. The molecule has 1 rings (SSSR count). The summed E-state index contributed by atoms with van der Waals surface area (Å²) in [4.78, 5) is 0. The van der Waals surface area contributed by atoms with E-state index in [4.69, 9.17) is 9.47 Å². The highest BCUT2D eigenvalue weighted by atomic mass is 32.1. The van der Waals surface area contributed by atoms with Gasteiger partial charge in [-0.3, -0.25) is 0 Å². The highest BCUT2D eigenvalue weighted by molar-refractivity contribution is 7.13. The average molecular weight is 229 g/mol. The Bertz CT molecular complexity index is 291. The molecule has 0 spiro atoms. The predicted octanol–water partition coefficient (Wildman–Crippen LogP) is 0.839. The molecule has 0 bridgehead atoms. The van der Waals surface area contributed by atoms with Crippen molar-refractivity contribution in [2.75, 3.05) is 26.9 Å². The molecular formula is C9H15N3O2S. The molecule has 0 saturated heterocycles. The summed E-state index contributed by atoms with van der Waals surface area (Å²) in [6.45, 7) is 6.21. The summed E-state index contributed by atoms with van der Waals surface area (Å²) >= 11 is 1.44. The van der Waals surface area contributed by atoms with E-state index in [9.17, 15) is 0 Å². The van der Waals surface area contributed by atoms with Crippen LogP contribution in [-0.2, 0) is 11.3 Å². The van der Waals surface area contributed by atoms with Crippen LogP contribution in [0.3, 0.4) is 0 Å². The Morgan fingerprint density at radius 1 is 1.53 bits per heavy atom. The minimum atomic E-state index is 0.464. The number of nitrogens with zero attached hydrogens (tertiary/aromatic N) is 2. The second-order valence-corrected chi connectivity index (χ2v) is 3.76. The summed E-state index contributed by atoms with van der Waals surface area (Å²) in [6, 6.07) is 0. The average Bonchev–Trinajstić information content (AvgIpc) is 2.69. The SMILES string of the molecule is C=CCOc1nnc(CNCCOC)s1. The number of hydrogen-bond donors (Lipinski definition) is 1. The van der Waals surface area contributed by atoms with Gasteiger partial charge in [0.2, 0.25) is 0 Å². The predicted molar refractivity (Wildman–Crippen MR) is 59.2 cm³/mol. The molecule has 0 aliphatic rings. The van der Waals surface area contributed by atoms with Gasteiger partial charge in [0.25, 0.3) is 5.19 Å². The fourth-order valence-electron chi connectivity index (χ4n) is 0.868. The molecule has 0 aliphatic carbocycles. The van der Waals surface area contributed by atoms with Gasteiger partial charge in [0.05, 0.1) is 6.61 Å². The Morgan fingerprint density at radius 3 is 3.13 bits per heavy atom. The van der Waals surface area contributed by atoms with Crippen LogP contribution in [0.15, 0.2) is 12.7 Å². The Labute approximate surface area is 93.1 Å². The van der Waals surface area contributed by atoms with E-state index in [1.165, 1.54) is 11.3 Å². The third kappa shape index (κ3) is 4.87. The smallest absolute Gasteiger partial charge is 0.294 e. The molecule has 1 aromatic heterocycles. The summed E-state index contributed by atoms with van der Waals surface area (Å²) in [6.07, 6.45) is 1.68. The Balaban J connectivity index is 2.23. The molecule has 0 radical (unpaired) electrons. The summed E-state index contributed by atoms with van der Waals surface area (Å²) in [7, 11) is 1.67. The quantitative estimate of drug-likeness (QED) is 0.529. The van der Waals surface area contributed by atoms with Crippen LogP contribution in [0.25, 0.3) is 0 Å². The Morgan fingerprint density at radius 2 is 2.40 bits per heavy atom. The van der Waals surface area contributed by atoms with Crippen LogP contribution in [0.1, 0.15) is 5.01 Å². The molecule has 0 saturated carbocycles. The van der Waals surface area contributed by atoms with Gasteiger partial charge in [-0.25, -0.2) is 0 Å². The third-order valence-corrected chi connectivity index (χ3v) is 2.37. The van der Waals surface area contributed by atoms with Crippen LogP contribution < -0.4 is 10.1 Å². The molecule has 1 heterocycles. The zero-order valence-electron chi connectivity index (χ0n) is 8.73. The van der Waals surface area contributed by atoms with Gasteiger partial charge in [-0.2, -0.15) is 0 Å². The summed E-state index contributed by atoms with van der Waals surface area (Å²) < 4.78 is 10.1. The van der Waals surface area contributed by atoms with Crippen LogP contribution in [-0.4, -0.2) is 37.1 Å². The van der Waals surface area contributed by atoms with E-state index in [-0.39, 0.29) is 0 Å². The molecule has 0 aromatic carbocycles. The Hall–Kier alpha value is -0.980. The van der Waals surface area contributed by atoms with E-state index < -0.39 is 0 Å². The normalized spacial score (nSPS) is 10.2. The highest BCUT2D eigenvalue weighted by Gasteiger charge is 2.03. The summed E-state index contributed by atoms with van der Waals surface area (Å²) in [5.41, 5.74) is 0. The monoisotopic (exact) mass is 229 g/mol. The standard InChI is InChI=1S/C9H15N3O2S/c1-3-5-14-9-12-11-8(15-9)7-10-4-6-13-2/h3,10H,1,4-7H2,2H3. The topological polar surface area (TPSA) is 56.3 Å². The molecule has 0 fully saturated rings. The molecule has 5 nitrogen and oxygen atoms in total. The first-order chi connectivity index (χ1) is 7.36. The van der Waals surface area contributed by atoms with E-state index in [0.717, 1.165) is 11.6 Å². The Kier molecular flexibility index (Phi) is 5.91. The fourth-order valence-corrected chi connectivity index (χ4v) is 1.53. The van der Waals surface area contributed by atoms with Gasteiger partial charge in [0, 0.05) is 20.2 Å². The lowest BCUT2D eigenvalue weighted by Crippen LogP contribution is -2.18. The van der Waals surface area contributed by atoms with E-state index in [1.54, 1.807) is 13.2 Å². The number of nitrogens with one attached hydrogen (secondary N) is 1. The van der Waals surface area contributed by atoms with Gasteiger partial charge in [-0.15, -0.1) is 5.10 Å².